The third-order valence-electron chi connectivity index (χ3n) is 2.90. The minimum Gasteiger partial charge on any atom is -0.310 e. The number of aryl methyl sites for hydroxylation is 1. The van der Waals surface area contributed by atoms with Crippen molar-refractivity contribution in [2.24, 2.45) is 0 Å². The summed E-state index contributed by atoms with van der Waals surface area (Å²) in [6.45, 7) is 1.98. The summed E-state index contributed by atoms with van der Waals surface area (Å²) in [6, 6.07) is 5.97. The Hall–Kier alpha value is -0.970. The van der Waals surface area contributed by atoms with E-state index in [1.165, 1.54) is 0 Å². The second-order valence-electron chi connectivity index (χ2n) is 4.40. The van der Waals surface area contributed by atoms with Gasteiger partial charge in [0.05, 0.1) is 6.04 Å². The second kappa shape index (κ2) is 6.46. The average Bonchev–Trinajstić information content (AvgIpc) is 2.39. The first-order chi connectivity index (χ1) is 9.10. The molecular formula is C14H15BrClN3. The fourth-order valence-electron chi connectivity index (χ4n) is 1.81. The Bertz CT molecular complexity index is 557. The van der Waals surface area contributed by atoms with E-state index in [1.54, 1.807) is 0 Å². The van der Waals surface area contributed by atoms with Gasteiger partial charge < -0.3 is 5.32 Å². The highest BCUT2D eigenvalue weighted by Crippen LogP contribution is 2.25. The Balaban J connectivity index is 2.21. The number of hydrogen-bond acceptors (Lipinski definition) is 3. The molecule has 100 valence electrons. The van der Waals surface area contributed by atoms with Crippen LogP contribution in [-0.4, -0.2) is 17.0 Å². The molecule has 1 aromatic heterocycles. The SMILES string of the molecule is CNC(Cc1ccc(Br)cc1Cl)c1ncc(C)cn1. The molecule has 0 aliphatic carbocycles. The molecular weight excluding hydrogens is 326 g/mol. The van der Waals surface area contributed by atoms with Gasteiger partial charge in [-0.1, -0.05) is 33.6 Å². The Labute approximate surface area is 126 Å². The van der Waals surface area contributed by atoms with Crippen molar-refractivity contribution in [3.8, 4) is 0 Å². The first kappa shape index (κ1) is 14.4. The summed E-state index contributed by atoms with van der Waals surface area (Å²) >= 11 is 9.65. The van der Waals surface area contributed by atoms with E-state index < -0.39 is 0 Å². The van der Waals surface area contributed by atoms with Crippen LogP contribution in [0.25, 0.3) is 0 Å². The van der Waals surface area contributed by atoms with Crippen LogP contribution in [0.4, 0.5) is 0 Å². The summed E-state index contributed by atoms with van der Waals surface area (Å²) in [5, 5.41) is 3.98. The van der Waals surface area contributed by atoms with Crippen LogP contribution in [0.5, 0.6) is 0 Å². The lowest BCUT2D eigenvalue weighted by Crippen LogP contribution is -2.21. The lowest BCUT2D eigenvalue weighted by atomic mass is 10.1. The predicted molar refractivity (Wildman–Crippen MR) is 81.4 cm³/mol. The van der Waals surface area contributed by atoms with Gasteiger partial charge in [0.1, 0.15) is 5.82 Å². The highest BCUT2D eigenvalue weighted by Gasteiger charge is 2.14. The third kappa shape index (κ3) is 3.75. The molecule has 0 aliphatic rings. The Morgan fingerprint density at radius 1 is 1.32 bits per heavy atom. The van der Waals surface area contributed by atoms with E-state index >= 15 is 0 Å². The van der Waals surface area contributed by atoms with Crippen LogP contribution >= 0.6 is 27.5 Å². The molecule has 0 amide bonds. The Morgan fingerprint density at radius 2 is 2.00 bits per heavy atom. The smallest absolute Gasteiger partial charge is 0.145 e. The summed E-state index contributed by atoms with van der Waals surface area (Å²) in [5.41, 5.74) is 2.13. The normalized spacial score (nSPS) is 12.4. The lowest BCUT2D eigenvalue weighted by molar-refractivity contribution is 0.556. The summed E-state index contributed by atoms with van der Waals surface area (Å²) in [4.78, 5) is 8.73. The highest BCUT2D eigenvalue weighted by atomic mass is 79.9. The van der Waals surface area contributed by atoms with Gasteiger partial charge in [0.25, 0.3) is 0 Å². The summed E-state index contributed by atoms with van der Waals surface area (Å²) in [6.07, 6.45) is 4.41. The minimum atomic E-state index is 0.0549. The standard InChI is InChI=1S/C14H15BrClN3/c1-9-7-18-14(19-8-9)13(17-2)5-10-3-4-11(15)6-12(10)16/h3-4,6-8,13,17H,5H2,1-2H3. The van der Waals surface area contributed by atoms with Gasteiger partial charge in [-0.15, -0.1) is 0 Å². The number of benzene rings is 1. The molecule has 0 aliphatic heterocycles. The summed E-state index contributed by atoms with van der Waals surface area (Å²) < 4.78 is 0.980. The van der Waals surface area contributed by atoms with Gasteiger partial charge in [-0.25, -0.2) is 9.97 Å². The molecule has 1 heterocycles. The second-order valence-corrected chi connectivity index (χ2v) is 5.72. The highest BCUT2D eigenvalue weighted by molar-refractivity contribution is 9.10. The first-order valence-electron chi connectivity index (χ1n) is 6.00. The van der Waals surface area contributed by atoms with E-state index in [0.717, 1.165) is 32.9 Å². The van der Waals surface area contributed by atoms with E-state index in [0.29, 0.717) is 0 Å². The molecule has 0 saturated heterocycles. The van der Waals surface area contributed by atoms with Crippen molar-refractivity contribution < 1.29 is 0 Å². The van der Waals surface area contributed by atoms with Gasteiger partial charge in [0.2, 0.25) is 0 Å². The molecule has 19 heavy (non-hydrogen) atoms. The van der Waals surface area contributed by atoms with E-state index in [9.17, 15) is 0 Å². The third-order valence-corrected chi connectivity index (χ3v) is 3.75. The minimum absolute atomic E-state index is 0.0549. The van der Waals surface area contributed by atoms with E-state index in [-0.39, 0.29) is 6.04 Å². The van der Waals surface area contributed by atoms with Crippen LogP contribution < -0.4 is 5.32 Å². The molecule has 0 saturated carbocycles. The van der Waals surface area contributed by atoms with Gasteiger partial charge >= 0.3 is 0 Å². The fourth-order valence-corrected chi connectivity index (χ4v) is 2.56. The van der Waals surface area contributed by atoms with Crippen LogP contribution in [0, 0.1) is 6.92 Å². The summed E-state index contributed by atoms with van der Waals surface area (Å²) in [7, 11) is 1.90. The number of likely N-dealkylation sites (N-methyl/N-ethyl adjacent to an activating group) is 1. The topological polar surface area (TPSA) is 37.8 Å². The molecule has 0 radical (unpaired) electrons. The van der Waals surface area contributed by atoms with Crippen molar-refractivity contribution in [3.05, 3.63) is 57.0 Å². The molecule has 5 heteroatoms. The number of nitrogens with zero attached hydrogens (tertiary/aromatic N) is 2. The average molecular weight is 341 g/mol. The number of aromatic nitrogens is 2. The molecule has 3 nitrogen and oxygen atoms in total. The number of nitrogens with one attached hydrogen (secondary N) is 1. The predicted octanol–water partition coefficient (Wildman–Crippen LogP) is 3.70. The lowest BCUT2D eigenvalue weighted by Gasteiger charge is -2.15. The zero-order valence-electron chi connectivity index (χ0n) is 10.8. The van der Waals surface area contributed by atoms with E-state index in [4.69, 9.17) is 11.6 Å². The molecule has 1 unspecified atom stereocenters. The van der Waals surface area contributed by atoms with Crippen molar-refractivity contribution in [1.82, 2.24) is 15.3 Å². The largest absolute Gasteiger partial charge is 0.310 e. The van der Waals surface area contributed by atoms with Crippen LogP contribution in [0.2, 0.25) is 5.02 Å². The van der Waals surface area contributed by atoms with Crippen LogP contribution in [0.1, 0.15) is 23.0 Å². The zero-order chi connectivity index (χ0) is 13.8. The van der Waals surface area contributed by atoms with Crippen molar-refractivity contribution >= 4 is 27.5 Å². The van der Waals surface area contributed by atoms with Gasteiger partial charge in [-0.3, -0.25) is 0 Å². The van der Waals surface area contributed by atoms with Crippen molar-refractivity contribution in [3.63, 3.8) is 0 Å². The van der Waals surface area contributed by atoms with Gasteiger partial charge in [-0.2, -0.15) is 0 Å². The molecule has 0 spiro atoms. The first-order valence-corrected chi connectivity index (χ1v) is 7.17. The molecule has 0 bridgehead atoms. The number of rotatable bonds is 4. The number of hydrogen-bond donors (Lipinski definition) is 1. The molecule has 1 N–H and O–H groups in total. The van der Waals surface area contributed by atoms with E-state index in [2.05, 4.69) is 31.2 Å². The zero-order valence-corrected chi connectivity index (χ0v) is 13.2. The Kier molecular flexibility index (Phi) is 4.91. The van der Waals surface area contributed by atoms with Crippen LogP contribution in [0.15, 0.2) is 35.1 Å². The van der Waals surface area contributed by atoms with Gasteiger partial charge in [0, 0.05) is 21.9 Å². The van der Waals surface area contributed by atoms with Crippen molar-refractivity contribution in [1.29, 1.82) is 0 Å². The van der Waals surface area contributed by atoms with Crippen molar-refractivity contribution in [2.75, 3.05) is 7.05 Å². The monoisotopic (exact) mass is 339 g/mol. The molecule has 2 aromatic rings. The van der Waals surface area contributed by atoms with Gasteiger partial charge in [0.15, 0.2) is 0 Å². The maximum Gasteiger partial charge on any atom is 0.145 e. The molecule has 0 fully saturated rings. The number of halogens is 2. The Morgan fingerprint density at radius 3 is 2.58 bits per heavy atom. The maximum atomic E-state index is 6.24. The molecule has 1 aromatic carbocycles. The summed E-state index contributed by atoms with van der Waals surface area (Å²) in [5.74, 6) is 0.784. The quantitative estimate of drug-likeness (QED) is 0.922. The maximum absolute atomic E-state index is 6.24. The fraction of sp³-hybridized carbons (Fsp3) is 0.286. The van der Waals surface area contributed by atoms with Crippen LogP contribution in [0.3, 0.4) is 0 Å². The molecule has 2 rings (SSSR count). The van der Waals surface area contributed by atoms with E-state index in [1.807, 2.05) is 44.6 Å². The van der Waals surface area contributed by atoms with Crippen molar-refractivity contribution in [2.45, 2.75) is 19.4 Å². The van der Waals surface area contributed by atoms with Crippen LogP contribution in [-0.2, 0) is 6.42 Å². The molecule has 1 atom stereocenters. The van der Waals surface area contributed by atoms with Gasteiger partial charge in [-0.05, 0) is 43.7 Å².